The standard InChI is InChI=1S/C13H19N3O4S/c1-13(8-14)5-6-16(9-13)21(18,19)10-3-4-11(15-7-10)12(17)20-2/h3-4,7H,5-6,8-9,14H2,1-2H3. The van der Waals surface area contributed by atoms with E-state index in [1.807, 2.05) is 6.92 Å². The molecule has 2 N–H and O–H groups in total. The predicted molar refractivity (Wildman–Crippen MR) is 76.1 cm³/mol. The maximum absolute atomic E-state index is 12.5. The van der Waals surface area contributed by atoms with Crippen molar-refractivity contribution in [1.82, 2.24) is 9.29 Å². The number of nitrogens with two attached hydrogens (primary N) is 1. The fourth-order valence-electron chi connectivity index (χ4n) is 2.26. The van der Waals surface area contributed by atoms with Crippen molar-refractivity contribution in [3.8, 4) is 0 Å². The Morgan fingerprint density at radius 1 is 1.52 bits per heavy atom. The zero-order chi connectivity index (χ0) is 15.7. The predicted octanol–water partition coefficient (Wildman–Crippen LogP) is 0.228. The van der Waals surface area contributed by atoms with Gasteiger partial charge in [-0.3, -0.25) is 0 Å². The maximum Gasteiger partial charge on any atom is 0.356 e. The van der Waals surface area contributed by atoms with Crippen LogP contribution in [0.5, 0.6) is 0 Å². The number of sulfonamides is 1. The van der Waals surface area contributed by atoms with Crippen molar-refractivity contribution in [1.29, 1.82) is 0 Å². The van der Waals surface area contributed by atoms with Crippen LogP contribution in [0.3, 0.4) is 0 Å². The van der Waals surface area contributed by atoms with Gasteiger partial charge in [-0.2, -0.15) is 4.31 Å². The molecule has 2 heterocycles. The zero-order valence-corrected chi connectivity index (χ0v) is 12.9. The monoisotopic (exact) mass is 313 g/mol. The van der Waals surface area contributed by atoms with Gasteiger partial charge in [-0.05, 0) is 30.5 Å². The minimum absolute atomic E-state index is 0.0661. The van der Waals surface area contributed by atoms with E-state index in [-0.39, 0.29) is 16.0 Å². The Hall–Kier alpha value is -1.51. The highest BCUT2D eigenvalue weighted by Crippen LogP contribution is 2.32. The number of rotatable bonds is 4. The second-order valence-corrected chi connectivity index (χ2v) is 7.41. The van der Waals surface area contributed by atoms with Crippen LogP contribution in [-0.2, 0) is 14.8 Å². The van der Waals surface area contributed by atoms with Crippen molar-refractivity contribution >= 4 is 16.0 Å². The summed E-state index contributed by atoms with van der Waals surface area (Å²) in [5, 5.41) is 0. The molecule has 8 heteroatoms. The van der Waals surface area contributed by atoms with Crippen LogP contribution < -0.4 is 5.73 Å². The first-order valence-corrected chi connectivity index (χ1v) is 8.01. The summed E-state index contributed by atoms with van der Waals surface area (Å²) >= 11 is 0. The normalized spacial score (nSPS) is 23.2. The summed E-state index contributed by atoms with van der Waals surface area (Å²) in [7, 11) is -2.36. The van der Waals surface area contributed by atoms with Crippen LogP contribution in [0.1, 0.15) is 23.8 Å². The lowest BCUT2D eigenvalue weighted by atomic mass is 9.90. The Bertz CT molecular complexity index is 629. The molecule has 1 fully saturated rings. The lowest BCUT2D eigenvalue weighted by Gasteiger charge is -2.22. The van der Waals surface area contributed by atoms with Crippen LogP contribution in [0.4, 0.5) is 0 Å². The molecule has 0 bridgehead atoms. The molecule has 21 heavy (non-hydrogen) atoms. The minimum atomic E-state index is -3.61. The van der Waals surface area contributed by atoms with E-state index < -0.39 is 16.0 Å². The van der Waals surface area contributed by atoms with Gasteiger partial charge in [-0.25, -0.2) is 18.2 Å². The van der Waals surface area contributed by atoms with Crippen LogP contribution in [0.2, 0.25) is 0 Å². The fourth-order valence-corrected chi connectivity index (χ4v) is 3.79. The maximum atomic E-state index is 12.5. The number of nitrogens with zero attached hydrogens (tertiary/aromatic N) is 2. The van der Waals surface area contributed by atoms with Crippen molar-refractivity contribution in [3.63, 3.8) is 0 Å². The molecule has 0 aromatic carbocycles. The topological polar surface area (TPSA) is 103 Å². The lowest BCUT2D eigenvalue weighted by Crippen LogP contribution is -2.34. The van der Waals surface area contributed by atoms with E-state index in [1.165, 1.54) is 29.7 Å². The first kappa shape index (κ1) is 15.9. The number of ether oxygens (including phenoxy) is 1. The van der Waals surface area contributed by atoms with Crippen LogP contribution in [0, 0.1) is 5.41 Å². The average Bonchev–Trinajstić information content (AvgIpc) is 2.90. The second-order valence-electron chi connectivity index (χ2n) is 5.47. The lowest BCUT2D eigenvalue weighted by molar-refractivity contribution is 0.0594. The van der Waals surface area contributed by atoms with Gasteiger partial charge in [-0.15, -0.1) is 0 Å². The number of methoxy groups -OCH3 is 1. The summed E-state index contributed by atoms with van der Waals surface area (Å²) in [4.78, 5) is 15.2. The van der Waals surface area contributed by atoms with Crippen LogP contribution in [-0.4, -0.2) is 50.4 Å². The van der Waals surface area contributed by atoms with Crippen molar-refractivity contribution in [3.05, 3.63) is 24.0 Å². The van der Waals surface area contributed by atoms with Gasteiger partial charge < -0.3 is 10.5 Å². The molecule has 0 spiro atoms. The molecule has 116 valence electrons. The molecule has 1 unspecified atom stereocenters. The third-order valence-corrected chi connectivity index (χ3v) is 5.61. The third kappa shape index (κ3) is 3.07. The van der Waals surface area contributed by atoms with E-state index in [1.54, 1.807) is 0 Å². The van der Waals surface area contributed by atoms with Crippen molar-refractivity contribution in [2.24, 2.45) is 11.1 Å². The van der Waals surface area contributed by atoms with Crippen LogP contribution in [0.25, 0.3) is 0 Å². The van der Waals surface area contributed by atoms with E-state index >= 15 is 0 Å². The molecule has 1 saturated heterocycles. The Kier molecular flexibility index (Phi) is 4.31. The SMILES string of the molecule is COC(=O)c1ccc(S(=O)(=O)N2CCC(C)(CN)C2)cn1. The van der Waals surface area contributed by atoms with Gasteiger partial charge in [-0.1, -0.05) is 6.92 Å². The number of esters is 1. The molecule has 0 amide bonds. The Morgan fingerprint density at radius 2 is 2.24 bits per heavy atom. The van der Waals surface area contributed by atoms with Crippen molar-refractivity contribution < 1.29 is 17.9 Å². The number of carbonyl (C=O) groups is 1. The van der Waals surface area contributed by atoms with E-state index in [2.05, 4.69) is 9.72 Å². The number of hydrogen-bond donors (Lipinski definition) is 1. The molecule has 0 radical (unpaired) electrons. The first-order chi connectivity index (χ1) is 9.82. The van der Waals surface area contributed by atoms with Gasteiger partial charge in [0.1, 0.15) is 10.6 Å². The summed E-state index contributed by atoms with van der Waals surface area (Å²) in [5.41, 5.74) is 5.58. The van der Waals surface area contributed by atoms with Gasteiger partial charge in [0.15, 0.2) is 0 Å². The van der Waals surface area contributed by atoms with Crippen molar-refractivity contribution in [2.75, 3.05) is 26.7 Å². The van der Waals surface area contributed by atoms with Gasteiger partial charge >= 0.3 is 5.97 Å². The van der Waals surface area contributed by atoms with Gasteiger partial charge in [0.2, 0.25) is 10.0 Å². The minimum Gasteiger partial charge on any atom is -0.464 e. The second kappa shape index (κ2) is 5.70. The third-order valence-electron chi connectivity index (χ3n) is 3.78. The Balaban J connectivity index is 2.23. The highest BCUT2D eigenvalue weighted by Gasteiger charge is 2.39. The molecule has 0 aliphatic carbocycles. The summed E-state index contributed by atoms with van der Waals surface area (Å²) in [6.07, 6.45) is 1.91. The molecular weight excluding hydrogens is 294 g/mol. The summed E-state index contributed by atoms with van der Waals surface area (Å²) in [5.74, 6) is -0.601. The fraction of sp³-hybridized carbons (Fsp3) is 0.538. The zero-order valence-electron chi connectivity index (χ0n) is 12.1. The molecule has 1 aliphatic heterocycles. The molecule has 1 aliphatic rings. The van der Waals surface area contributed by atoms with E-state index in [4.69, 9.17) is 5.73 Å². The van der Waals surface area contributed by atoms with Crippen LogP contribution >= 0.6 is 0 Å². The summed E-state index contributed by atoms with van der Waals surface area (Å²) in [6.45, 7) is 3.25. The van der Waals surface area contributed by atoms with Gasteiger partial charge in [0.05, 0.1) is 7.11 Å². The number of carbonyl (C=O) groups excluding carboxylic acids is 1. The van der Waals surface area contributed by atoms with E-state index in [0.717, 1.165) is 6.42 Å². The molecular formula is C13H19N3O4S. The number of aromatic nitrogens is 1. The van der Waals surface area contributed by atoms with Crippen LogP contribution in [0.15, 0.2) is 23.2 Å². The van der Waals surface area contributed by atoms with Gasteiger partial charge in [0.25, 0.3) is 0 Å². The Labute approximate surface area is 124 Å². The highest BCUT2D eigenvalue weighted by molar-refractivity contribution is 7.89. The largest absolute Gasteiger partial charge is 0.464 e. The van der Waals surface area contributed by atoms with E-state index in [0.29, 0.717) is 19.6 Å². The summed E-state index contributed by atoms with van der Waals surface area (Å²) in [6, 6.07) is 2.71. The highest BCUT2D eigenvalue weighted by atomic mass is 32.2. The number of hydrogen-bond acceptors (Lipinski definition) is 6. The quantitative estimate of drug-likeness (QED) is 0.798. The molecule has 1 aromatic heterocycles. The smallest absolute Gasteiger partial charge is 0.356 e. The first-order valence-electron chi connectivity index (χ1n) is 6.57. The summed E-state index contributed by atoms with van der Waals surface area (Å²) < 4.78 is 31.0. The average molecular weight is 313 g/mol. The molecule has 1 atom stereocenters. The Morgan fingerprint density at radius 3 is 2.71 bits per heavy atom. The van der Waals surface area contributed by atoms with Gasteiger partial charge in [0, 0.05) is 19.3 Å². The molecule has 0 saturated carbocycles. The number of pyridine rings is 1. The molecule has 7 nitrogen and oxygen atoms in total. The molecule has 2 rings (SSSR count). The van der Waals surface area contributed by atoms with Crippen molar-refractivity contribution in [2.45, 2.75) is 18.2 Å². The molecule has 1 aromatic rings. The van der Waals surface area contributed by atoms with E-state index in [9.17, 15) is 13.2 Å².